The molecule has 1 fully saturated rings. The van der Waals surface area contributed by atoms with Crippen LogP contribution in [0.5, 0.6) is 5.75 Å². The van der Waals surface area contributed by atoms with Crippen LogP contribution in [0.4, 0.5) is 5.69 Å². The lowest BCUT2D eigenvalue weighted by Crippen LogP contribution is -2.47. The Bertz CT molecular complexity index is 663. The first-order valence-corrected chi connectivity index (χ1v) is 8.55. The fourth-order valence-electron chi connectivity index (χ4n) is 2.98. The maximum absolute atomic E-state index is 5.45. The van der Waals surface area contributed by atoms with Gasteiger partial charge in [0.2, 0.25) is 5.89 Å². The van der Waals surface area contributed by atoms with E-state index in [0.717, 1.165) is 37.8 Å². The smallest absolute Gasteiger partial charge is 0.243 e. The number of benzene rings is 1. The van der Waals surface area contributed by atoms with Gasteiger partial charge in [0.1, 0.15) is 5.75 Å². The first kappa shape index (κ1) is 16.8. The van der Waals surface area contributed by atoms with Gasteiger partial charge in [0.05, 0.1) is 13.2 Å². The van der Waals surface area contributed by atoms with Gasteiger partial charge < -0.3 is 14.2 Å². The molecule has 0 N–H and O–H groups in total. The summed E-state index contributed by atoms with van der Waals surface area (Å²) in [6.45, 7) is 10.2. The Morgan fingerprint density at radius 2 is 1.88 bits per heavy atom. The van der Waals surface area contributed by atoms with Gasteiger partial charge in [0.25, 0.3) is 0 Å². The molecule has 24 heavy (non-hydrogen) atoms. The summed E-state index contributed by atoms with van der Waals surface area (Å²) in [6, 6.07) is 8.39. The minimum absolute atomic E-state index is 0.150. The number of anilines is 1. The Hall–Kier alpha value is -2.08. The molecule has 2 heterocycles. The molecule has 1 aromatic carbocycles. The van der Waals surface area contributed by atoms with Crippen LogP contribution < -0.4 is 9.64 Å². The highest BCUT2D eigenvalue weighted by Gasteiger charge is 2.26. The minimum atomic E-state index is 0.150. The average molecular weight is 330 g/mol. The van der Waals surface area contributed by atoms with Crippen molar-refractivity contribution in [2.75, 3.05) is 38.2 Å². The fourth-order valence-corrected chi connectivity index (χ4v) is 2.98. The van der Waals surface area contributed by atoms with E-state index in [1.807, 2.05) is 12.1 Å². The van der Waals surface area contributed by atoms with Crippen molar-refractivity contribution >= 4 is 5.69 Å². The lowest BCUT2D eigenvalue weighted by Gasteiger charge is -2.38. The van der Waals surface area contributed by atoms with Gasteiger partial charge >= 0.3 is 0 Å². The number of hydrogen-bond acceptors (Lipinski definition) is 6. The van der Waals surface area contributed by atoms with Crippen molar-refractivity contribution in [1.82, 2.24) is 15.0 Å². The number of piperazine rings is 1. The van der Waals surface area contributed by atoms with Crippen molar-refractivity contribution in [3.05, 3.63) is 36.0 Å². The SMILES string of the molecule is COc1cccc(N2CCN([C@H](C)c3nc(C(C)C)no3)CC2)c1. The molecule has 0 amide bonds. The summed E-state index contributed by atoms with van der Waals surface area (Å²) in [4.78, 5) is 9.32. The van der Waals surface area contributed by atoms with Crippen molar-refractivity contribution in [2.45, 2.75) is 32.7 Å². The molecule has 130 valence electrons. The number of aromatic nitrogens is 2. The zero-order valence-electron chi connectivity index (χ0n) is 14.9. The number of methoxy groups -OCH3 is 1. The third-order valence-corrected chi connectivity index (χ3v) is 4.61. The monoisotopic (exact) mass is 330 g/mol. The lowest BCUT2D eigenvalue weighted by atomic mass is 10.2. The Morgan fingerprint density at radius 3 is 2.50 bits per heavy atom. The highest BCUT2D eigenvalue weighted by atomic mass is 16.5. The van der Waals surface area contributed by atoms with Gasteiger partial charge in [-0.3, -0.25) is 4.90 Å². The van der Waals surface area contributed by atoms with E-state index in [-0.39, 0.29) is 6.04 Å². The number of ether oxygens (including phenoxy) is 1. The van der Waals surface area contributed by atoms with E-state index in [0.29, 0.717) is 11.8 Å². The molecule has 0 saturated carbocycles. The van der Waals surface area contributed by atoms with E-state index in [2.05, 4.69) is 52.8 Å². The summed E-state index contributed by atoms with van der Waals surface area (Å²) in [5, 5.41) is 4.08. The summed E-state index contributed by atoms with van der Waals surface area (Å²) in [5.74, 6) is 2.69. The van der Waals surface area contributed by atoms with Crippen LogP contribution in [-0.4, -0.2) is 48.3 Å². The molecule has 0 radical (unpaired) electrons. The largest absolute Gasteiger partial charge is 0.497 e. The molecule has 1 aliphatic rings. The third kappa shape index (κ3) is 3.53. The second-order valence-corrected chi connectivity index (χ2v) is 6.55. The van der Waals surface area contributed by atoms with E-state index in [1.54, 1.807) is 7.11 Å². The Kier molecular flexibility index (Phi) is 5.04. The van der Waals surface area contributed by atoms with Crippen LogP contribution >= 0.6 is 0 Å². The van der Waals surface area contributed by atoms with Gasteiger partial charge in [-0.05, 0) is 19.1 Å². The van der Waals surface area contributed by atoms with Gasteiger partial charge in [-0.1, -0.05) is 25.1 Å². The van der Waals surface area contributed by atoms with Crippen LogP contribution in [0.25, 0.3) is 0 Å². The van der Waals surface area contributed by atoms with Crippen LogP contribution in [0.2, 0.25) is 0 Å². The van der Waals surface area contributed by atoms with Gasteiger partial charge in [-0.15, -0.1) is 0 Å². The quantitative estimate of drug-likeness (QED) is 0.840. The highest BCUT2D eigenvalue weighted by Crippen LogP contribution is 2.25. The zero-order valence-corrected chi connectivity index (χ0v) is 14.9. The molecular weight excluding hydrogens is 304 g/mol. The predicted molar refractivity (Wildman–Crippen MR) is 93.6 cm³/mol. The minimum Gasteiger partial charge on any atom is -0.497 e. The van der Waals surface area contributed by atoms with Gasteiger partial charge in [0.15, 0.2) is 5.82 Å². The summed E-state index contributed by atoms with van der Waals surface area (Å²) in [6.07, 6.45) is 0. The van der Waals surface area contributed by atoms with E-state index >= 15 is 0 Å². The number of nitrogens with zero attached hydrogens (tertiary/aromatic N) is 4. The predicted octanol–water partition coefficient (Wildman–Crippen LogP) is 3.08. The van der Waals surface area contributed by atoms with Crippen molar-refractivity contribution in [3.63, 3.8) is 0 Å². The summed E-state index contributed by atoms with van der Waals surface area (Å²) >= 11 is 0. The van der Waals surface area contributed by atoms with Crippen LogP contribution in [0.15, 0.2) is 28.8 Å². The number of hydrogen-bond donors (Lipinski definition) is 0. The first-order valence-electron chi connectivity index (χ1n) is 8.55. The second-order valence-electron chi connectivity index (χ2n) is 6.55. The summed E-state index contributed by atoms with van der Waals surface area (Å²) < 4.78 is 10.8. The Balaban J connectivity index is 1.61. The first-order chi connectivity index (χ1) is 11.6. The van der Waals surface area contributed by atoms with E-state index in [1.165, 1.54) is 5.69 Å². The van der Waals surface area contributed by atoms with E-state index in [9.17, 15) is 0 Å². The topological polar surface area (TPSA) is 54.6 Å². The standard InChI is InChI=1S/C18H26N4O2/c1-13(2)17-19-18(24-20-17)14(3)21-8-10-22(11-9-21)15-6-5-7-16(12-15)23-4/h5-7,12-14H,8-11H2,1-4H3/t14-/m1/s1. The van der Waals surface area contributed by atoms with E-state index < -0.39 is 0 Å². The Morgan fingerprint density at radius 1 is 1.12 bits per heavy atom. The third-order valence-electron chi connectivity index (χ3n) is 4.61. The molecule has 6 heteroatoms. The summed E-state index contributed by atoms with van der Waals surface area (Å²) in [5.41, 5.74) is 1.21. The van der Waals surface area contributed by atoms with Crippen molar-refractivity contribution in [1.29, 1.82) is 0 Å². The molecular formula is C18H26N4O2. The van der Waals surface area contributed by atoms with Crippen molar-refractivity contribution in [3.8, 4) is 5.75 Å². The molecule has 0 aliphatic carbocycles. The molecule has 0 bridgehead atoms. The summed E-state index contributed by atoms with van der Waals surface area (Å²) in [7, 11) is 1.70. The Labute approximate surface area is 143 Å². The molecule has 1 aromatic heterocycles. The van der Waals surface area contributed by atoms with Crippen LogP contribution in [0.1, 0.15) is 44.4 Å². The molecule has 3 rings (SSSR count). The molecule has 0 spiro atoms. The maximum Gasteiger partial charge on any atom is 0.243 e. The second kappa shape index (κ2) is 7.21. The van der Waals surface area contributed by atoms with E-state index in [4.69, 9.17) is 9.26 Å². The molecule has 1 atom stereocenters. The molecule has 1 aliphatic heterocycles. The molecule has 2 aromatic rings. The highest BCUT2D eigenvalue weighted by molar-refractivity contribution is 5.51. The molecule has 6 nitrogen and oxygen atoms in total. The average Bonchev–Trinajstić information content (AvgIpc) is 3.12. The van der Waals surface area contributed by atoms with Crippen LogP contribution in [0, 0.1) is 0 Å². The maximum atomic E-state index is 5.45. The van der Waals surface area contributed by atoms with Crippen molar-refractivity contribution < 1.29 is 9.26 Å². The fraction of sp³-hybridized carbons (Fsp3) is 0.556. The molecule has 1 saturated heterocycles. The van der Waals surface area contributed by atoms with Crippen LogP contribution in [0.3, 0.4) is 0 Å². The normalized spacial score (nSPS) is 17.3. The zero-order chi connectivity index (χ0) is 17.1. The van der Waals surface area contributed by atoms with Gasteiger partial charge in [-0.2, -0.15) is 4.98 Å². The lowest BCUT2D eigenvalue weighted by molar-refractivity contribution is 0.164. The van der Waals surface area contributed by atoms with Gasteiger partial charge in [-0.25, -0.2) is 0 Å². The number of rotatable bonds is 5. The van der Waals surface area contributed by atoms with Gasteiger partial charge in [0, 0.05) is 43.9 Å². The van der Waals surface area contributed by atoms with Crippen molar-refractivity contribution in [2.24, 2.45) is 0 Å². The van der Waals surface area contributed by atoms with Crippen LogP contribution in [-0.2, 0) is 0 Å². The molecule has 0 unspecified atom stereocenters.